The largest absolute Gasteiger partial charge is 0.462 e. The van der Waals surface area contributed by atoms with Crippen LogP contribution in [0.15, 0.2) is 25.6 Å². The average molecular weight is 430 g/mol. The zero-order valence-corrected chi connectivity index (χ0v) is 14.1. The molecule has 0 aromatic heterocycles. The molecule has 6 heteroatoms. The molecule has 0 aliphatic carbocycles. The minimum Gasteiger partial charge on any atom is -0.462 e. The summed E-state index contributed by atoms with van der Waals surface area (Å²) in [6, 6.07) is 3.81. The summed E-state index contributed by atoms with van der Waals surface area (Å²) in [6.45, 7) is 3.78. The predicted molar refractivity (Wildman–Crippen MR) is 79.3 cm³/mol. The van der Waals surface area contributed by atoms with Gasteiger partial charge < -0.3 is 10.1 Å². The van der Waals surface area contributed by atoms with Gasteiger partial charge >= 0.3 is 5.97 Å². The molecule has 0 amide bonds. The van der Waals surface area contributed by atoms with Gasteiger partial charge in [0.1, 0.15) is 6.54 Å². The standard InChI is InChI=1S/C11H12Br3NO2/c1-6(2)17-10(16)5-15-11-8(13)3-7(12)4-9(11)14/h3-4,6,15H,5H2,1-2H3. The van der Waals surface area contributed by atoms with E-state index in [0.717, 1.165) is 19.1 Å². The summed E-state index contributed by atoms with van der Waals surface area (Å²) < 4.78 is 7.73. The van der Waals surface area contributed by atoms with Gasteiger partial charge in [-0.3, -0.25) is 4.79 Å². The quantitative estimate of drug-likeness (QED) is 0.724. The zero-order valence-electron chi connectivity index (χ0n) is 9.39. The topological polar surface area (TPSA) is 38.3 Å². The third-order valence-electron chi connectivity index (χ3n) is 1.78. The monoisotopic (exact) mass is 427 g/mol. The number of ether oxygens (including phenoxy) is 1. The van der Waals surface area contributed by atoms with Crippen molar-refractivity contribution in [1.82, 2.24) is 0 Å². The molecule has 0 aliphatic heterocycles. The molecule has 0 fully saturated rings. The normalized spacial score (nSPS) is 10.5. The molecule has 0 aliphatic rings. The highest BCUT2D eigenvalue weighted by Crippen LogP contribution is 2.34. The second kappa shape index (κ2) is 6.75. The van der Waals surface area contributed by atoms with Crippen LogP contribution in [0.1, 0.15) is 13.8 Å². The van der Waals surface area contributed by atoms with Crippen molar-refractivity contribution in [2.45, 2.75) is 20.0 Å². The lowest BCUT2D eigenvalue weighted by Crippen LogP contribution is -2.20. The summed E-state index contributed by atoms with van der Waals surface area (Å²) in [5.74, 6) is -0.276. The molecule has 0 atom stereocenters. The molecule has 0 unspecified atom stereocenters. The Morgan fingerprint density at radius 1 is 1.29 bits per heavy atom. The molecule has 0 heterocycles. The molecular weight excluding hydrogens is 418 g/mol. The van der Waals surface area contributed by atoms with Gasteiger partial charge in [0.2, 0.25) is 0 Å². The number of nitrogens with one attached hydrogen (secondary N) is 1. The molecular formula is C11H12Br3NO2. The highest BCUT2D eigenvalue weighted by atomic mass is 79.9. The first kappa shape index (κ1) is 15.0. The number of anilines is 1. The predicted octanol–water partition coefficient (Wildman–Crippen LogP) is 4.34. The lowest BCUT2D eigenvalue weighted by Gasteiger charge is -2.12. The molecule has 17 heavy (non-hydrogen) atoms. The van der Waals surface area contributed by atoms with Crippen molar-refractivity contribution in [2.75, 3.05) is 11.9 Å². The number of carbonyl (C=O) groups excluding carboxylic acids is 1. The van der Waals surface area contributed by atoms with Crippen molar-refractivity contribution in [1.29, 1.82) is 0 Å². The van der Waals surface area contributed by atoms with Gasteiger partial charge in [0, 0.05) is 13.4 Å². The van der Waals surface area contributed by atoms with Crippen LogP contribution >= 0.6 is 47.8 Å². The maximum atomic E-state index is 11.4. The number of benzene rings is 1. The molecule has 0 saturated carbocycles. The zero-order chi connectivity index (χ0) is 13.0. The molecule has 3 nitrogen and oxygen atoms in total. The maximum Gasteiger partial charge on any atom is 0.325 e. The highest BCUT2D eigenvalue weighted by molar-refractivity contribution is 9.11. The van der Waals surface area contributed by atoms with Gasteiger partial charge in [-0.1, -0.05) is 15.9 Å². The number of hydrogen-bond acceptors (Lipinski definition) is 3. The summed E-state index contributed by atoms with van der Waals surface area (Å²) in [4.78, 5) is 11.4. The van der Waals surface area contributed by atoms with Gasteiger partial charge in [-0.05, 0) is 57.8 Å². The van der Waals surface area contributed by atoms with Crippen molar-refractivity contribution in [3.63, 3.8) is 0 Å². The van der Waals surface area contributed by atoms with Crippen molar-refractivity contribution in [3.05, 3.63) is 25.6 Å². The smallest absolute Gasteiger partial charge is 0.325 e. The van der Waals surface area contributed by atoms with Crippen LogP contribution in [0, 0.1) is 0 Å². The fraction of sp³-hybridized carbons (Fsp3) is 0.364. The number of halogens is 3. The Bertz CT molecular complexity index is 398. The third kappa shape index (κ3) is 4.97. The molecule has 0 radical (unpaired) electrons. The highest BCUT2D eigenvalue weighted by Gasteiger charge is 2.10. The number of rotatable bonds is 4. The summed E-state index contributed by atoms with van der Waals surface area (Å²) in [5.41, 5.74) is 0.828. The first-order valence-corrected chi connectivity index (χ1v) is 7.36. The number of hydrogen-bond donors (Lipinski definition) is 1. The first-order valence-electron chi connectivity index (χ1n) is 4.98. The van der Waals surface area contributed by atoms with Crippen LogP contribution in [0.5, 0.6) is 0 Å². The van der Waals surface area contributed by atoms with Gasteiger partial charge in [0.15, 0.2) is 0 Å². The van der Waals surface area contributed by atoms with Crippen LogP contribution in [-0.2, 0) is 9.53 Å². The number of carbonyl (C=O) groups is 1. The molecule has 1 rings (SSSR count). The van der Waals surface area contributed by atoms with E-state index in [1.54, 1.807) is 0 Å². The fourth-order valence-corrected chi connectivity index (χ4v) is 3.72. The van der Waals surface area contributed by atoms with E-state index < -0.39 is 0 Å². The van der Waals surface area contributed by atoms with E-state index in [4.69, 9.17) is 4.74 Å². The Hall–Kier alpha value is -0.0700. The van der Waals surface area contributed by atoms with Crippen LogP contribution in [0.2, 0.25) is 0 Å². The van der Waals surface area contributed by atoms with Gasteiger partial charge in [-0.15, -0.1) is 0 Å². The van der Waals surface area contributed by atoms with Gasteiger partial charge in [-0.2, -0.15) is 0 Å². The van der Waals surface area contributed by atoms with Crippen molar-refractivity contribution in [2.24, 2.45) is 0 Å². The van der Waals surface area contributed by atoms with E-state index in [1.165, 1.54) is 0 Å². The average Bonchev–Trinajstić information content (AvgIpc) is 2.14. The van der Waals surface area contributed by atoms with Gasteiger partial charge in [0.25, 0.3) is 0 Å². The Morgan fingerprint density at radius 2 is 1.82 bits per heavy atom. The van der Waals surface area contributed by atoms with Crippen molar-refractivity contribution in [3.8, 4) is 0 Å². The fourth-order valence-electron chi connectivity index (χ4n) is 1.18. The van der Waals surface area contributed by atoms with E-state index in [-0.39, 0.29) is 18.6 Å². The van der Waals surface area contributed by atoms with Crippen molar-refractivity contribution >= 4 is 59.4 Å². The van der Waals surface area contributed by atoms with E-state index in [9.17, 15) is 4.79 Å². The van der Waals surface area contributed by atoms with Crippen LogP contribution in [0.25, 0.3) is 0 Å². The Labute approximate surface area is 126 Å². The molecule has 0 bridgehead atoms. The molecule has 94 valence electrons. The van der Waals surface area contributed by atoms with Crippen molar-refractivity contribution < 1.29 is 9.53 Å². The minimum atomic E-state index is -0.276. The van der Waals surface area contributed by atoms with E-state index in [0.29, 0.717) is 0 Å². The Kier molecular flexibility index (Phi) is 5.95. The van der Waals surface area contributed by atoms with Crippen LogP contribution in [0.3, 0.4) is 0 Å². The summed E-state index contributed by atoms with van der Waals surface area (Å²) in [5, 5.41) is 3.02. The second-order valence-corrected chi connectivity index (χ2v) is 6.26. The molecule has 1 aromatic carbocycles. The molecule has 1 aromatic rings. The van der Waals surface area contributed by atoms with Gasteiger partial charge in [-0.25, -0.2) is 0 Å². The minimum absolute atomic E-state index is 0.0962. The van der Waals surface area contributed by atoms with Gasteiger partial charge in [0.05, 0.1) is 11.8 Å². The molecule has 0 spiro atoms. The lowest BCUT2D eigenvalue weighted by molar-refractivity contribution is -0.145. The summed E-state index contributed by atoms with van der Waals surface area (Å²) in [6.07, 6.45) is -0.0962. The molecule has 0 saturated heterocycles. The van der Waals surface area contributed by atoms with Crippen LogP contribution in [-0.4, -0.2) is 18.6 Å². The Morgan fingerprint density at radius 3 is 2.29 bits per heavy atom. The number of esters is 1. The van der Waals surface area contributed by atoms with E-state index in [2.05, 4.69) is 53.1 Å². The maximum absolute atomic E-state index is 11.4. The third-order valence-corrected chi connectivity index (χ3v) is 3.49. The Balaban J connectivity index is 2.67. The SMILES string of the molecule is CC(C)OC(=O)CNc1c(Br)cc(Br)cc1Br. The van der Waals surface area contributed by atoms with E-state index >= 15 is 0 Å². The van der Waals surface area contributed by atoms with E-state index in [1.807, 2.05) is 26.0 Å². The first-order chi connectivity index (χ1) is 7.90. The van der Waals surface area contributed by atoms with Crippen LogP contribution < -0.4 is 5.32 Å². The van der Waals surface area contributed by atoms with Crippen LogP contribution in [0.4, 0.5) is 5.69 Å². The second-order valence-electron chi connectivity index (χ2n) is 3.64. The summed E-state index contributed by atoms with van der Waals surface area (Å²) >= 11 is 10.2. The lowest BCUT2D eigenvalue weighted by atomic mass is 10.3. The molecule has 1 N–H and O–H groups in total. The summed E-state index contributed by atoms with van der Waals surface area (Å²) in [7, 11) is 0.